The van der Waals surface area contributed by atoms with Crippen molar-refractivity contribution in [2.24, 2.45) is 0 Å². The van der Waals surface area contributed by atoms with Crippen molar-refractivity contribution in [3.05, 3.63) is 42.5 Å². The van der Waals surface area contributed by atoms with E-state index in [1.807, 2.05) is 24.3 Å². The molecule has 0 fully saturated rings. The van der Waals surface area contributed by atoms with Gasteiger partial charge in [-0.3, -0.25) is 0 Å². The molecule has 0 atom stereocenters. The molecule has 2 rings (SSSR count). The van der Waals surface area contributed by atoms with Crippen LogP contribution >= 0.6 is 0 Å². The summed E-state index contributed by atoms with van der Waals surface area (Å²) in [6.07, 6.45) is 0. The zero-order chi connectivity index (χ0) is 9.26. The molecule has 0 N–H and O–H groups in total. The Labute approximate surface area is 106 Å². The topological polar surface area (TPSA) is 34.1 Å². The van der Waals surface area contributed by atoms with Gasteiger partial charge in [-0.05, 0) is 21.5 Å². The third-order valence-corrected chi connectivity index (χ3v) is 2.64. The van der Waals surface area contributed by atoms with Crippen molar-refractivity contribution in [3.8, 4) is 0 Å². The molecule has 0 amide bonds. The fourth-order valence-corrected chi connectivity index (χ4v) is 1.90. The minimum Gasteiger partial charge on any atom is -0.420 e. The van der Waals surface area contributed by atoms with Crippen molar-refractivity contribution in [2.75, 3.05) is 0 Å². The fraction of sp³-hybridized carbons (Fsp3) is 0. The molecule has 0 bridgehead atoms. The van der Waals surface area contributed by atoms with Gasteiger partial charge in [0, 0.05) is 0 Å². The zero-order valence-corrected chi connectivity index (χ0v) is 10.6. The predicted octanol–water partition coefficient (Wildman–Crippen LogP) is -0.488. The Bertz CT molecular complexity index is 507. The van der Waals surface area contributed by atoms with Crippen molar-refractivity contribution in [2.45, 2.75) is 4.90 Å². The maximum absolute atomic E-state index is 10.8. The monoisotopic (exact) mass is 214 g/mol. The number of hydrogen-bond donors (Lipinski definition) is 0. The molecule has 0 heterocycles. The number of benzene rings is 2. The summed E-state index contributed by atoms with van der Waals surface area (Å²) in [7, 11) is -2.15. The standard InChI is InChI=1S/C10H7O2S.Na/c11-13(12)10-7-3-5-8-4-1-2-6-9(8)10;/h1-7H;/q-1;+1. The molecule has 14 heavy (non-hydrogen) atoms. The number of hydrogen-bond acceptors (Lipinski definition) is 3. The van der Waals surface area contributed by atoms with E-state index in [0.29, 0.717) is 4.90 Å². The van der Waals surface area contributed by atoms with Crippen LogP contribution in [0.15, 0.2) is 47.4 Å². The van der Waals surface area contributed by atoms with Gasteiger partial charge in [0.1, 0.15) is 0 Å². The van der Waals surface area contributed by atoms with E-state index in [9.17, 15) is 8.42 Å². The van der Waals surface area contributed by atoms with Crippen LogP contribution < -0.4 is 29.6 Å². The van der Waals surface area contributed by atoms with E-state index < -0.39 is 10.7 Å². The van der Waals surface area contributed by atoms with E-state index in [-0.39, 0.29) is 29.6 Å². The van der Waals surface area contributed by atoms with Crippen molar-refractivity contribution < 1.29 is 38.0 Å². The van der Waals surface area contributed by atoms with Crippen LogP contribution in [0.1, 0.15) is 0 Å². The molecular formula is C10H7NaO2S. The van der Waals surface area contributed by atoms with E-state index in [1.165, 1.54) is 0 Å². The van der Waals surface area contributed by atoms with Crippen molar-refractivity contribution in [1.82, 2.24) is 0 Å². The van der Waals surface area contributed by atoms with E-state index >= 15 is 0 Å². The van der Waals surface area contributed by atoms with Crippen LogP contribution in [0.3, 0.4) is 0 Å². The molecular weight excluding hydrogens is 207 g/mol. The molecule has 2 aromatic rings. The van der Waals surface area contributed by atoms with Gasteiger partial charge in [0.05, 0.1) is 0 Å². The molecule has 0 radical (unpaired) electrons. The maximum atomic E-state index is 10.8. The Balaban J connectivity index is 0.000000980. The molecule has 4 heteroatoms. The molecule has 0 aliphatic rings. The van der Waals surface area contributed by atoms with Crippen LogP contribution in [0.4, 0.5) is 0 Å². The Hall–Kier alpha value is -0.350. The van der Waals surface area contributed by atoms with E-state index in [2.05, 4.69) is 0 Å². The van der Waals surface area contributed by atoms with Gasteiger partial charge < -0.3 is 8.42 Å². The molecule has 66 valence electrons. The largest absolute Gasteiger partial charge is 1.00 e. The van der Waals surface area contributed by atoms with Crippen LogP contribution in [0.5, 0.6) is 0 Å². The average Bonchev–Trinajstić information content (AvgIpc) is 2.17. The first-order valence-corrected chi connectivity index (χ1v) is 4.93. The van der Waals surface area contributed by atoms with Crippen molar-refractivity contribution in [1.29, 1.82) is 0 Å². The summed E-state index contributed by atoms with van der Waals surface area (Å²) in [5.41, 5.74) is 0. The molecule has 0 unspecified atom stereocenters. The summed E-state index contributed by atoms with van der Waals surface area (Å²) < 4.78 is 21.6. The summed E-state index contributed by atoms with van der Waals surface area (Å²) in [6.45, 7) is 0. The first-order valence-electron chi connectivity index (χ1n) is 3.86. The molecule has 0 aliphatic carbocycles. The summed E-state index contributed by atoms with van der Waals surface area (Å²) in [4.78, 5) is 0.359. The molecule has 0 aliphatic heterocycles. The van der Waals surface area contributed by atoms with Gasteiger partial charge in [0.15, 0.2) is 0 Å². The van der Waals surface area contributed by atoms with Crippen LogP contribution in [0.25, 0.3) is 10.8 Å². The second-order valence-corrected chi connectivity index (χ2v) is 3.62. The van der Waals surface area contributed by atoms with E-state index in [0.717, 1.165) is 10.8 Å². The minimum atomic E-state index is -2.15. The van der Waals surface area contributed by atoms with Crippen LogP contribution in [-0.4, -0.2) is 0 Å². The number of rotatable bonds is 1. The Morgan fingerprint density at radius 2 is 1.50 bits per heavy atom. The molecule has 0 spiro atoms. The van der Waals surface area contributed by atoms with Crippen LogP contribution in [0.2, 0.25) is 0 Å². The molecule has 0 saturated carbocycles. The first-order chi connectivity index (χ1) is 6.29. The Kier molecular flexibility index (Phi) is 4.13. The van der Waals surface area contributed by atoms with Gasteiger partial charge >= 0.3 is 29.6 Å². The first kappa shape index (κ1) is 11.7. The van der Waals surface area contributed by atoms with Gasteiger partial charge in [0.2, 0.25) is 0 Å². The number of fused-ring (bicyclic) bond motifs is 1. The molecule has 0 aromatic heterocycles. The molecule has 2 aromatic carbocycles. The van der Waals surface area contributed by atoms with Gasteiger partial charge in [-0.25, -0.2) is 0 Å². The quantitative estimate of drug-likeness (QED) is 0.474. The van der Waals surface area contributed by atoms with Crippen molar-refractivity contribution >= 4 is 21.5 Å². The summed E-state index contributed by atoms with van der Waals surface area (Å²) in [5, 5.41) is 1.72. The van der Waals surface area contributed by atoms with Crippen LogP contribution in [-0.2, 0) is 19.1 Å². The van der Waals surface area contributed by atoms with Gasteiger partial charge in [0.25, 0.3) is 0 Å². The molecule has 2 nitrogen and oxygen atoms in total. The van der Waals surface area contributed by atoms with E-state index in [4.69, 9.17) is 0 Å². The van der Waals surface area contributed by atoms with E-state index in [1.54, 1.807) is 18.2 Å². The van der Waals surface area contributed by atoms with Gasteiger partial charge in [-0.15, -0.1) is 0 Å². The maximum Gasteiger partial charge on any atom is 1.00 e. The zero-order valence-electron chi connectivity index (χ0n) is 7.77. The normalized spacial score (nSPS) is 10.1. The third-order valence-electron chi connectivity index (χ3n) is 1.93. The fourth-order valence-electron chi connectivity index (χ4n) is 1.34. The minimum absolute atomic E-state index is 0. The smallest absolute Gasteiger partial charge is 0.420 e. The Morgan fingerprint density at radius 3 is 2.21 bits per heavy atom. The predicted molar refractivity (Wildman–Crippen MR) is 51.0 cm³/mol. The summed E-state index contributed by atoms with van der Waals surface area (Å²) >= 11 is 0. The van der Waals surface area contributed by atoms with Crippen LogP contribution in [0, 0.1) is 0 Å². The average molecular weight is 214 g/mol. The third kappa shape index (κ3) is 2.17. The second-order valence-electron chi connectivity index (χ2n) is 2.71. The SMILES string of the molecule is O=[S-](=O)c1cccc2ccccc12.[Na+]. The van der Waals surface area contributed by atoms with Gasteiger partial charge in [-0.2, -0.15) is 0 Å². The summed E-state index contributed by atoms with van der Waals surface area (Å²) in [6, 6.07) is 12.7. The Morgan fingerprint density at radius 1 is 0.857 bits per heavy atom. The second kappa shape index (κ2) is 4.94. The summed E-state index contributed by atoms with van der Waals surface area (Å²) in [5.74, 6) is 0. The molecule has 0 saturated heterocycles. The van der Waals surface area contributed by atoms with Crippen molar-refractivity contribution in [3.63, 3.8) is 0 Å². The van der Waals surface area contributed by atoms with Gasteiger partial charge in [-0.1, -0.05) is 47.4 Å².